The van der Waals surface area contributed by atoms with Gasteiger partial charge in [-0.3, -0.25) is 24.5 Å². The topological polar surface area (TPSA) is 119 Å². The molecule has 0 unspecified atom stereocenters. The molecular weight excluding hydrogens is 390 g/mol. The molecule has 1 atom stereocenters. The van der Waals surface area contributed by atoms with E-state index in [1.807, 2.05) is 32.0 Å². The molecule has 0 bridgehead atoms. The predicted octanol–water partition coefficient (Wildman–Crippen LogP) is 2.75. The van der Waals surface area contributed by atoms with E-state index in [0.717, 1.165) is 16.8 Å². The number of hydrogen-bond donors (Lipinski definition) is 1. The van der Waals surface area contributed by atoms with E-state index in [9.17, 15) is 24.5 Å². The number of nitrogens with one attached hydrogen (secondary N) is 1. The first-order valence-corrected chi connectivity index (χ1v) is 9.34. The van der Waals surface area contributed by atoms with Crippen LogP contribution in [0.1, 0.15) is 17.5 Å². The normalized spacial score (nSPS) is 15.7. The summed E-state index contributed by atoms with van der Waals surface area (Å²) in [6.07, 6.45) is 0.0126. The van der Waals surface area contributed by atoms with E-state index in [0.29, 0.717) is 0 Å². The third kappa shape index (κ3) is 4.62. The second-order valence-corrected chi connectivity index (χ2v) is 7.09. The van der Waals surface area contributed by atoms with Gasteiger partial charge >= 0.3 is 5.97 Å². The van der Waals surface area contributed by atoms with Gasteiger partial charge in [-0.15, -0.1) is 0 Å². The van der Waals surface area contributed by atoms with Gasteiger partial charge in [0.25, 0.3) is 11.6 Å². The minimum Gasteiger partial charge on any atom is -0.455 e. The highest BCUT2D eigenvalue weighted by Crippen LogP contribution is 2.29. The van der Waals surface area contributed by atoms with E-state index in [4.69, 9.17) is 4.74 Å². The molecule has 1 aliphatic rings. The van der Waals surface area contributed by atoms with Gasteiger partial charge in [-0.05, 0) is 37.1 Å². The van der Waals surface area contributed by atoms with Gasteiger partial charge in [0.15, 0.2) is 6.61 Å². The van der Waals surface area contributed by atoms with Crippen LogP contribution in [-0.4, -0.2) is 35.9 Å². The Kier molecular flexibility index (Phi) is 6.10. The number of aryl methyl sites for hydroxylation is 1. The average Bonchev–Trinajstić information content (AvgIpc) is 3.10. The standard InChI is InChI=1S/C21H21N3O6/c1-13-5-3-8-18(14(13)2)23-11-15(9-20(23)26)21(27)30-12-19(25)22-16-6-4-7-17(10-16)24(28)29/h3-8,10,15H,9,11-12H2,1-2H3,(H,22,25)/t15-/m1/s1. The minimum absolute atomic E-state index is 0.0126. The number of ether oxygens (including phenoxy) is 1. The number of hydrogen-bond acceptors (Lipinski definition) is 6. The fraction of sp³-hybridized carbons (Fsp3) is 0.286. The van der Waals surface area contributed by atoms with E-state index >= 15 is 0 Å². The predicted molar refractivity (Wildman–Crippen MR) is 109 cm³/mol. The first kappa shape index (κ1) is 21.0. The molecule has 0 aromatic heterocycles. The number of amides is 2. The van der Waals surface area contributed by atoms with Gasteiger partial charge in [0.05, 0.1) is 10.8 Å². The Bertz CT molecular complexity index is 1020. The van der Waals surface area contributed by atoms with Gasteiger partial charge in [-0.2, -0.15) is 0 Å². The third-order valence-corrected chi connectivity index (χ3v) is 5.01. The Labute approximate surface area is 172 Å². The van der Waals surface area contributed by atoms with Crippen molar-refractivity contribution in [2.75, 3.05) is 23.4 Å². The van der Waals surface area contributed by atoms with Crippen molar-refractivity contribution < 1.29 is 24.0 Å². The van der Waals surface area contributed by atoms with E-state index in [1.54, 1.807) is 4.90 Å². The molecule has 0 radical (unpaired) electrons. The van der Waals surface area contributed by atoms with Crippen LogP contribution >= 0.6 is 0 Å². The number of nitrogens with zero attached hydrogens (tertiary/aromatic N) is 2. The van der Waals surface area contributed by atoms with Gasteiger partial charge in [0, 0.05) is 36.5 Å². The Hall–Kier alpha value is -3.75. The highest BCUT2D eigenvalue weighted by atomic mass is 16.6. The minimum atomic E-state index is -0.664. The Morgan fingerprint density at radius 1 is 1.23 bits per heavy atom. The van der Waals surface area contributed by atoms with Crippen molar-refractivity contribution in [2.45, 2.75) is 20.3 Å². The summed E-state index contributed by atoms with van der Waals surface area (Å²) in [6.45, 7) is 3.51. The lowest BCUT2D eigenvalue weighted by Gasteiger charge is -2.20. The van der Waals surface area contributed by atoms with Gasteiger partial charge in [-0.1, -0.05) is 18.2 Å². The molecule has 1 N–H and O–H groups in total. The lowest BCUT2D eigenvalue weighted by molar-refractivity contribution is -0.384. The monoisotopic (exact) mass is 411 g/mol. The molecule has 2 aromatic rings. The van der Waals surface area contributed by atoms with Crippen LogP contribution in [0.3, 0.4) is 0 Å². The summed E-state index contributed by atoms with van der Waals surface area (Å²) >= 11 is 0. The zero-order chi connectivity index (χ0) is 21.8. The van der Waals surface area contributed by atoms with E-state index in [-0.39, 0.29) is 30.2 Å². The molecule has 1 aliphatic heterocycles. The van der Waals surface area contributed by atoms with Crippen molar-refractivity contribution in [3.8, 4) is 0 Å². The number of rotatable bonds is 6. The zero-order valence-corrected chi connectivity index (χ0v) is 16.6. The second kappa shape index (κ2) is 8.73. The highest BCUT2D eigenvalue weighted by molar-refractivity contribution is 6.00. The highest BCUT2D eigenvalue weighted by Gasteiger charge is 2.37. The molecule has 9 nitrogen and oxygen atoms in total. The van der Waals surface area contributed by atoms with Crippen molar-refractivity contribution in [1.82, 2.24) is 0 Å². The number of carbonyl (C=O) groups is 3. The summed E-state index contributed by atoms with van der Waals surface area (Å²) in [5.41, 5.74) is 2.84. The third-order valence-electron chi connectivity index (χ3n) is 5.01. The fourth-order valence-corrected chi connectivity index (χ4v) is 3.28. The SMILES string of the molecule is Cc1cccc(N2C[C@H](C(=O)OCC(=O)Nc3cccc([N+](=O)[O-])c3)CC2=O)c1C. The van der Waals surface area contributed by atoms with Gasteiger partial charge in [-0.25, -0.2) is 0 Å². The summed E-state index contributed by atoms with van der Waals surface area (Å²) in [4.78, 5) is 48.5. The summed E-state index contributed by atoms with van der Waals surface area (Å²) in [7, 11) is 0. The van der Waals surface area contributed by atoms with E-state index in [1.165, 1.54) is 24.3 Å². The molecule has 2 amide bonds. The molecule has 30 heavy (non-hydrogen) atoms. The summed E-state index contributed by atoms with van der Waals surface area (Å²) in [5, 5.41) is 13.2. The largest absolute Gasteiger partial charge is 0.455 e. The van der Waals surface area contributed by atoms with E-state index < -0.39 is 29.3 Å². The lowest BCUT2D eigenvalue weighted by atomic mass is 10.1. The summed E-state index contributed by atoms with van der Waals surface area (Å²) in [5.74, 6) is -2.10. The quantitative estimate of drug-likeness (QED) is 0.443. The molecular formula is C21H21N3O6. The van der Waals surface area contributed by atoms with Crippen LogP contribution in [0, 0.1) is 29.9 Å². The number of benzene rings is 2. The fourth-order valence-electron chi connectivity index (χ4n) is 3.28. The summed E-state index contributed by atoms with van der Waals surface area (Å²) < 4.78 is 5.06. The molecule has 0 aliphatic carbocycles. The van der Waals surface area contributed by atoms with Crippen molar-refractivity contribution in [3.05, 3.63) is 63.7 Å². The van der Waals surface area contributed by atoms with Crippen molar-refractivity contribution in [3.63, 3.8) is 0 Å². The first-order valence-electron chi connectivity index (χ1n) is 9.34. The van der Waals surface area contributed by atoms with Crippen LogP contribution < -0.4 is 10.2 Å². The Morgan fingerprint density at radius 2 is 1.97 bits per heavy atom. The van der Waals surface area contributed by atoms with Crippen molar-refractivity contribution in [2.24, 2.45) is 5.92 Å². The molecule has 0 saturated carbocycles. The molecule has 156 valence electrons. The maximum Gasteiger partial charge on any atom is 0.311 e. The summed E-state index contributed by atoms with van der Waals surface area (Å²) in [6, 6.07) is 11.1. The van der Waals surface area contributed by atoms with Crippen LogP contribution in [0.2, 0.25) is 0 Å². The van der Waals surface area contributed by atoms with Crippen molar-refractivity contribution in [1.29, 1.82) is 0 Å². The van der Waals surface area contributed by atoms with Gasteiger partial charge < -0.3 is 15.0 Å². The molecule has 3 rings (SSSR count). The smallest absolute Gasteiger partial charge is 0.311 e. The van der Waals surface area contributed by atoms with Crippen LogP contribution in [0.25, 0.3) is 0 Å². The maximum atomic E-state index is 12.4. The molecule has 1 fully saturated rings. The van der Waals surface area contributed by atoms with E-state index in [2.05, 4.69) is 5.32 Å². The number of nitro groups is 1. The molecule has 1 heterocycles. The van der Waals surface area contributed by atoms with Gasteiger partial charge in [0.2, 0.25) is 5.91 Å². The number of carbonyl (C=O) groups excluding carboxylic acids is 3. The van der Waals surface area contributed by atoms with Crippen LogP contribution in [-0.2, 0) is 19.1 Å². The Morgan fingerprint density at radius 3 is 2.70 bits per heavy atom. The van der Waals surface area contributed by atoms with Crippen LogP contribution in [0.5, 0.6) is 0 Å². The molecule has 1 saturated heterocycles. The number of esters is 1. The maximum absolute atomic E-state index is 12.4. The molecule has 0 spiro atoms. The number of non-ortho nitro benzene ring substituents is 1. The zero-order valence-electron chi connectivity index (χ0n) is 16.6. The first-order chi connectivity index (χ1) is 14.3. The molecule has 2 aromatic carbocycles. The Balaban J connectivity index is 1.56. The second-order valence-electron chi connectivity index (χ2n) is 7.09. The van der Waals surface area contributed by atoms with Crippen molar-refractivity contribution >= 4 is 34.8 Å². The van der Waals surface area contributed by atoms with Crippen LogP contribution in [0.15, 0.2) is 42.5 Å². The number of anilines is 2. The lowest BCUT2D eigenvalue weighted by Crippen LogP contribution is -2.28. The van der Waals surface area contributed by atoms with Gasteiger partial charge in [0.1, 0.15) is 0 Å². The average molecular weight is 411 g/mol. The van der Waals surface area contributed by atoms with Crippen LogP contribution in [0.4, 0.5) is 17.1 Å². The molecule has 9 heteroatoms. The number of nitro benzene ring substituents is 1.